The number of benzene rings is 1. The third kappa shape index (κ3) is 6.31. The van der Waals surface area contributed by atoms with Crippen LogP contribution < -0.4 is 10.3 Å². The van der Waals surface area contributed by atoms with Crippen LogP contribution in [0, 0.1) is 0 Å². The van der Waals surface area contributed by atoms with E-state index in [4.69, 9.17) is 0 Å². The maximum Gasteiger partial charge on any atom is 0.422 e. The van der Waals surface area contributed by atoms with Gasteiger partial charge in [0.05, 0.1) is 17.6 Å². The van der Waals surface area contributed by atoms with E-state index in [9.17, 15) is 31.1 Å². The first-order valence-corrected chi connectivity index (χ1v) is 8.58. The second-order valence-corrected chi connectivity index (χ2v) is 6.22. The molecule has 0 atom stereocenters. The van der Waals surface area contributed by atoms with E-state index in [2.05, 4.69) is 24.7 Å². The van der Waals surface area contributed by atoms with Gasteiger partial charge in [-0.3, -0.25) is 14.5 Å². The summed E-state index contributed by atoms with van der Waals surface area (Å²) in [4.78, 5) is 16.9. The molecule has 0 aliphatic carbocycles. The highest BCUT2D eigenvalue weighted by atomic mass is 19.4. The van der Waals surface area contributed by atoms with Crippen LogP contribution in [-0.2, 0) is 11.3 Å². The molecule has 0 saturated carbocycles. The van der Waals surface area contributed by atoms with E-state index >= 15 is 0 Å². The Morgan fingerprint density at radius 2 is 1.68 bits per heavy atom. The lowest BCUT2D eigenvalue weighted by Crippen LogP contribution is -2.25. The van der Waals surface area contributed by atoms with Gasteiger partial charge in [-0.1, -0.05) is 0 Å². The van der Waals surface area contributed by atoms with Crippen molar-refractivity contribution in [2.75, 3.05) is 13.2 Å². The minimum Gasteiger partial charge on any atom is -0.484 e. The normalized spacial score (nSPS) is 12.2. The zero-order valence-corrected chi connectivity index (χ0v) is 15.5. The van der Waals surface area contributed by atoms with Crippen LogP contribution in [0.1, 0.15) is 5.82 Å². The molecule has 1 N–H and O–H groups in total. The first-order chi connectivity index (χ1) is 14.5. The Bertz CT molecular complexity index is 1060. The number of H-pyrrole nitrogens is 1. The van der Waals surface area contributed by atoms with E-state index in [0.29, 0.717) is 5.56 Å². The number of hydrogen-bond donors (Lipinski definition) is 1. The third-order valence-corrected chi connectivity index (χ3v) is 3.78. The van der Waals surface area contributed by atoms with Crippen LogP contribution in [-0.4, -0.2) is 45.3 Å². The summed E-state index contributed by atoms with van der Waals surface area (Å²) in [6.07, 6.45) is -6.28. The zero-order chi connectivity index (χ0) is 22.6. The second-order valence-electron chi connectivity index (χ2n) is 6.22. The predicted octanol–water partition coefficient (Wildman–Crippen LogP) is 3.64. The largest absolute Gasteiger partial charge is 0.484 e. The minimum absolute atomic E-state index is 0.105. The minimum atomic E-state index is -4.58. The molecule has 0 radical (unpaired) electrons. The van der Waals surface area contributed by atoms with Crippen LogP contribution in [0.4, 0.5) is 26.3 Å². The van der Waals surface area contributed by atoms with Gasteiger partial charge in [-0.05, 0) is 24.3 Å². The Morgan fingerprint density at radius 1 is 1.00 bits per heavy atom. The summed E-state index contributed by atoms with van der Waals surface area (Å²) in [5, 5.41) is 6.26. The maximum atomic E-state index is 12.7. The monoisotopic (exact) mass is 448 g/mol. The summed E-state index contributed by atoms with van der Waals surface area (Å²) in [6.45, 7) is -3.69. The van der Waals surface area contributed by atoms with Crippen molar-refractivity contribution < 1.29 is 35.8 Å². The lowest BCUT2D eigenvalue weighted by atomic mass is 10.2. The van der Waals surface area contributed by atoms with Crippen LogP contribution in [0.2, 0.25) is 0 Å². The predicted molar refractivity (Wildman–Crippen MR) is 94.7 cm³/mol. The first kappa shape index (κ1) is 22.3. The van der Waals surface area contributed by atoms with Gasteiger partial charge in [0.15, 0.2) is 6.61 Å². The molecule has 166 valence electrons. The number of ether oxygens (including phenoxy) is 2. The molecule has 0 saturated heterocycles. The average Bonchev–Trinajstić information content (AvgIpc) is 3.20. The molecule has 7 nitrogen and oxygen atoms in total. The van der Waals surface area contributed by atoms with Gasteiger partial charge < -0.3 is 9.47 Å². The molecule has 3 aromatic rings. The van der Waals surface area contributed by atoms with Crippen molar-refractivity contribution in [1.82, 2.24) is 19.7 Å². The average molecular weight is 448 g/mol. The van der Waals surface area contributed by atoms with E-state index in [1.807, 2.05) is 0 Å². The van der Waals surface area contributed by atoms with E-state index in [1.165, 1.54) is 36.7 Å². The number of aromatic amines is 1. The third-order valence-electron chi connectivity index (χ3n) is 3.78. The Labute approximate surface area is 170 Å². The molecule has 2 aromatic heterocycles. The number of halogens is 6. The molecular weight excluding hydrogens is 434 g/mol. The Hall–Kier alpha value is -3.35. The molecular formula is C18H14F6N4O3. The number of nitrogens with zero attached hydrogens (tertiary/aromatic N) is 3. The Kier molecular flexibility index (Phi) is 6.34. The van der Waals surface area contributed by atoms with Gasteiger partial charge in [0.25, 0.3) is 5.56 Å². The van der Waals surface area contributed by atoms with E-state index in [1.54, 1.807) is 0 Å². The molecule has 0 aliphatic rings. The molecule has 2 heterocycles. The van der Waals surface area contributed by atoms with Crippen LogP contribution in [0.15, 0.2) is 47.5 Å². The topological polar surface area (TPSA) is 82.0 Å². The maximum absolute atomic E-state index is 12.7. The number of hydrogen-bond acceptors (Lipinski definition) is 5. The number of aromatic nitrogens is 4. The Morgan fingerprint density at radius 3 is 2.26 bits per heavy atom. The standard InChI is InChI=1S/C18H14F6N4O3/c19-17(20,21)9-30-8-15-27-14(11-6-25-26-7-11)5-16(29)28(15)12-1-3-13(4-2-12)31-10-18(22,23)24/h1-7H,8-10H2,(H,25,26). The van der Waals surface area contributed by atoms with Gasteiger partial charge in [-0.2, -0.15) is 31.4 Å². The van der Waals surface area contributed by atoms with Crippen molar-refractivity contribution in [2.24, 2.45) is 0 Å². The highest BCUT2D eigenvalue weighted by Crippen LogP contribution is 2.22. The fraction of sp³-hybridized carbons (Fsp3) is 0.278. The molecule has 13 heteroatoms. The summed E-state index contributed by atoms with van der Waals surface area (Å²) < 4.78 is 84.4. The van der Waals surface area contributed by atoms with Gasteiger partial charge in [0.2, 0.25) is 0 Å². The van der Waals surface area contributed by atoms with Gasteiger partial charge in [0.1, 0.15) is 24.8 Å². The summed E-state index contributed by atoms with van der Waals surface area (Å²) >= 11 is 0. The highest BCUT2D eigenvalue weighted by molar-refractivity contribution is 5.56. The van der Waals surface area contributed by atoms with Crippen molar-refractivity contribution in [1.29, 1.82) is 0 Å². The van der Waals surface area contributed by atoms with Crippen LogP contribution in [0.25, 0.3) is 16.9 Å². The van der Waals surface area contributed by atoms with E-state index in [-0.39, 0.29) is 23.0 Å². The molecule has 1 aromatic carbocycles. The molecule has 0 fully saturated rings. The van der Waals surface area contributed by atoms with Crippen molar-refractivity contribution in [3.63, 3.8) is 0 Å². The fourth-order valence-corrected chi connectivity index (χ4v) is 2.56. The lowest BCUT2D eigenvalue weighted by molar-refractivity contribution is -0.177. The SMILES string of the molecule is O=c1cc(-c2cn[nH]c2)nc(COCC(F)(F)F)n1-c1ccc(OCC(F)(F)F)cc1. The van der Waals surface area contributed by atoms with Crippen molar-refractivity contribution in [2.45, 2.75) is 19.0 Å². The van der Waals surface area contributed by atoms with Crippen molar-refractivity contribution in [3.05, 3.63) is 58.9 Å². The number of nitrogens with one attached hydrogen (secondary N) is 1. The van der Waals surface area contributed by atoms with Crippen LogP contribution >= 0.6 is 0 Å². The second kappa shape index (κ2) is 8.79. The summed E-state index contributed by atoms with van der Waals surface area (Å²) in [6, 6.07) is 6.08. The smallest absolute Gasteiger partial charge is 0.422 e. The summed E-state index contributed by atoms with van der Waals surface area (Å²) in [5.41, 5.74) is 0.102. The van der Waals surface area contributed by atoms with E-state index < -0.39 is 37.7 Å². The molecule has 0 spiro atoms. The molecule has 0 bridgehead atoms. The van der Waals surface area contributed by atoms with Gasteiger partial charge in [0, 0.05) is 17.8 Å². The first-order valence-electron chi connectivity index (χ1n) is 8.58. The van der Waals surface area contributed by atoms with Crippen molar-refractivity contribution >= 4 is 0 Å². The highest BCUT2D eigenvalue weighted by Gasteiger charge is 2.29. The number of alkyl halides is 6. The molecule has 0 aliphatic heterocycles. The van der Waals surface area contributed by atoms with Gasteiger partial charge >= 0.3 is 12.4 Å². The van der Waals surface area contributed by atoms with E-state index in [0.717, 1.165) is 10.6 Å². The van der Waals surface area contributed by atoms with Crippen molar-refractivity contribution in [3.8, 4) is 22.7 Å². The fourth-order valence-electron chi connectivity index (χ4n) is 2.56. The van der Waals surface area contributed by atoms with Crippen LogP contribution in [0.3, 0.4) is 0 Å². The number of rotatable bonds is 7. The summed E-state index contributed by atoms with van der Waals surface area (Å²) in [7, 11) is 0. The zero-order valence-electron chi connectivity index (χ0n) is 15.5. The van der Waals surface area contributed by atoms with Gasteiger partial charge in [-0.15, -0.1) is 0 Å². The summed E-state index contributed by atoms with van der Waals surface area (Å²) in [5.74, 6) is -0.246. The Balaban J connectivity index is 1.93. The quantitative estimate of drug-likeness (QED) is 0.559. The molecule has 0 unspecified atom stereocenters. The van der Waals surface area contributed by atoms with Gasteiger partial charge in [-0.25, -0.2) is 4.98 Å². The molecule has 3 rings (SSSR count). The molecule has 31 heavy (non-hydrogen) atoms. The molecule has 0 amide bonds. The lowest BCUT2D eigenvalue weighted by Gasteiger charge is -2.15. The van der Waals surface area contributed by atoms with Crippen LogP contribution in [0.5, 0.6) is 5.75 Å².